The highest BCUT2D eigenvalue weighted by Gasteiger charge is 2.53. The third-order valence-electron chi connectivity index (χ3n) is 3.10. The smallest absolute Gasteiger partial charge is 0.189 e. The van der Waals surface area contributed by atoms with Gasteiger partial charge in [-0.05, 0) is 48.3 Å². The molecular formula is C10H12IN2OP. The van der Waals surface area contributed by atoms with Crippen LogP contribution in [0.15, 0.2) is 12.4 Å². The first-order valence-electron chi connectivity index (χ1n) is 5.29. The lowest BCUT2D eigenvalue weighted by Crippen LogP contribution is -2.19. The van der Waals surface area contributed by atoms with Gasteiger partial charge >= 0.3 is 0 Å². The summed E-state index contributed by atoms with van der Waals surface area (Å²) in [6.45, 7) is 0. The Hall–Kier alpha value is 0.0400. The molecule has 0 N–H and O–H groups in total. The number of aromatic nitrogens is 2. The van der Waals surface area contributed by atoms with Gasteiger partial charge in [-0.3, -0.25) is 0 Å². The molecule has 3 rings (SSSR count). The second kappa shape index (κ2) is 3.52. The van der Waals surface area contributed by atoms with E-state index in [1.54, 1.807) is 12.4 Å². The van der Waals surface area contributed by atoms with Crippen molar-refractivity contribution in [3.63, 3.8) is 0 Å². The standard InChI is InChI=1S/C10H12IN2OP/c11-7-5-12-10(13-6-7)15(14,8-1-2-8)9-3-4-9/h5-6,8-9H,1-4H2. The van der Waals surface area contributed by atoms with Gasteiger partial charge < -0.3 is 4.57 Å². The molecule has 1 aromatic rings. The van der Waals surface area contributed by atoms with Crippen LogP contribution in [0, 0.1) is 3.57 Å². The van der Waals surface area contributed by atoms with Gasteiger partial charge in [-0.25, -0.2) is 9.97 Å². The van der Waals surface area contributed by atoms with Gasteiger partial charge in [-0.2, -0.15) is 0 Å². The van der Waals surface area contributed by atoms with E-state index in [-0.39, 0.29) is 0 Å². The summed E-state index contributed by atoms with van der Waals surface area (Å²) >= 11 is 2.18. The molecule has 2 aliphatic carbocycles. The topological polar surface area (TPSA) is 42.9 Å². The number of halogens is 1. The van der Waals surface area contributed by atoms with Crippen molar-refractivity contribution in [1.82, 2.24) is 9.97 Å². The van der Waals surface area contributed by atoms with E-state index in [1.807, 2.05) is 0 Å². The fraction of sp³-hybridized carbons (Fsp3) is 0.600. The molecule has 0 unspecified atom stereocenters. The molecule has 0 bridgehead atoms. The Balaban J connectivity index is 2.01. The first kappa shape index (κ1) is 10.2. The highest BCUT2D eigenvalue weighted by molar-refractivity contribution is 14.1. The minimum atomic E-state index is -2.24. The lowest BCUT2D eigenvalue weighted by molar-refractivity contribution is 0.577. The second-order valence-electron chi connectivity index (χ2n) is 4.37. The maximum atomic E-state index is 12.9. The first-order valence-corrected chi connectivity index (χ1v) is 8.21. The Labute approximate surface area is 103 Å². The Morgan fingerprint density at radius 2 is 1.60 bits per heavy atom. The van der Waals surface area contributed by atoms with Crippen LogP contribution in [0.3, 0.4) is 0 Å². The van der Waals surface area contributed by atoms with Crippen LogP contribution in [-0.4, -0.2) is 21.3 Å². The monoisotopic (exact) mass is 334 g/mol. The van der Waals surface area contributed by atoms with E-state index in [2.05, 4.69) is 32.6 Å². The zero-order valence-electron chi connectivity index (χ0n) is 8.27. The van der Waals surface area contributed by atoms with Gasteiger partial charge in [0.2, 0.25) is 0 Å². The minimum absolute atomic E-state index is 0.407. The molecule has 1 aromatic heterocycles. The van der Waals surface area contributed by atoms with Gasteiger partial charge in [0.05, 0.1) is 0 Å². The molecule has 2 fully saturated rings. The van der Waals surface area contributed by atoms with E-state index in [1.165, 1.54) is 0 Å². The normalized spacial score (nSPS) is 21.7. The third-order valence-corrected chi connectivity index (χ3v) is 7.71. The van der Waals surface area contributed by atoms with Crippen molar-refractivity contribution in [2.45, 2.75) is 37.0 Å². The average Bonchev–Trinajstić information content (AvgIpc) is 3.07. The molecule has 0 saturated heterocycles. The maximum Gasteiger partial charge on any atom is 0.189 e. The molecule has 15 heavy (non-hydrogen) atoms. The van der Waals surface area contributed by atoms with Crippen LogP contribution in [0.1, 0.15) is 25.7 Å². The summed E-state index contributed by atoms with van der Waals surface area (Å²) in [5.74, 6) is 0. The highest BCUT2D eigenvalue weighted by Crippen LogP contribution is 2.68. The summed E-state index contributed by atoms with van der Waals surface area (Å²) in [4.78, 5) is 8.58. The molecule has 5 heteroatoms. The van der Waals surface area contributed by atoms with Crippen molar-refractivity contribution in [2.75, 3.05) is 0 Å². The van der Waals surface area contributed by atoms with E-state index >= 15 is 0 Å². The van der Waals surface area contributed by atoms with Crippen LogP contribution < -0.4 is 5.57 Å². The summed E-state index contributed by atoms with van der Waals surface area (Å²) in [6.07, 6.45) is 8.01. The summed E-state index contributed by atoms with van der Waals surface area (Å²) in [5.41, 5.74) is 1.46. The Morgan fingerprint density at radius 1 is 1.13 bits per heavy atom. The van der Waals surface area contributed by atoms with Gasteiger partial charge in [0.15, 0.2) is 12.7 Å². The van der Waals surface area contributed by atoms with E-state index in [4.69, 9.17) is 0 Å². The Bertz CT molecular complexity index is 410. The Morgan fingerprint density at radius 3 is 2.00 bits per heavy atom. The van der Waals surface area contributed by atoms with Crippen LogP contribution >= 0.6 is 29.7 Å². The van der Waals surface area contributed by atoms with Crippen LogP contribution in [-0.2, 0) is 4.57 Å². The second-order valence-corrected chi connectivity index (χ2v) is 8.90. The van der Waals surface area contributed by atoms with Gasteiger partial charge in [0, 0.05) is 27.3 Å². The first-order chi connectivity index (χ1) is 7.21. The summed E-state index contributed by atoms with van der Waals surface area (Å²) < 4.78 is 13.9. The lowest BCUT2D eigenvalue weighted by Gasteiger charge is -2.14. The average molecular weight is 334 g/mol. The fourth-order valence-corrected chi connectivity index (χ4v) is 5.86. The van der Waals surface area contributed by atoms with Crippen molar-refractivity contribution >= 4 is 35.3 Å². The number of rotatable bonds is 3. The molecule has 80 valence electrons. The van der Waals surface area contributed by atoms with Crippen molar-refractivity contribution in [3.8, 4) is 0 Å². The van der Waals surface area contributed by atoms with E-state index in [0.717, 1.165) is 29.3 Å². The molecule has 0 aromatic carbocycles. The Kier molecular flexibility index (Phi) is 2.40. The van der Waals surface area contributed by atoms with E-state index < -0.39 is 7.14 Å². The molecule has 3 nitrogen and oxygen atoms in total. The van der Waals surface area contributed by atoms with Gasteiger partial charge in [0.25, 0.3) is 0 Å². The van der Waals surface area contributed by atoms with Crippen LogP contribution in [0.5, 0.6) is 0 Å². The molecular weight excluding hydrogens is 322 g/mol. The molecule has 0 spiro atoms. The van der Waals surface area contributed by atoms with Crippen LogP contribution in [0.4, 0.5) is 0 Å². The predicted octanol–water partition coefficient (Wildman–Crippen LogP) is 2.39. The summed E-state index contributed by atoms with van der Waals surface area (Å²) in [5, 5.41) is 0. The van der Waals surface area contributed by atoms with Gasteiger partial charge in [-0.1, -0.05) is 0 Å². The van der Waals surface area contributed by atoms with E-state index in [9.17, 15) is 4.57 Å². The van der Waals surface area contributed by atoms with Gasteiger partial charge in [-0.15, -0.1) is 0 Å². The number of hydrogen-bond donors (Lipinski definition) is 0. The zero-order valence-corrected chi connectivity index (χ0v) is 11.3. The molecule has 0 radical (unpaired) electrons. The van der Waals surface area contributed by atoms with Crippen LogP contribution in [0.2, 0.25) is 0 Å². The molecule has 0 amide bonds. The van der Waals surface area contributed by atoms with Crippen molar-refractivity contribution < 1.29 is 4.57 Å². The lowest BCUT2D eigenvalue weighted by atomic mass is 10.7. The third kappa shape index (κ3) is 1.76. The van der Waals surface area contributed by atoms with Crippen molar-refractivity contribution in [3.05, 3.63) is 16.0 Å². The SMILES string of the molecule is O=P(c1ncc(I)cn1)(C1CC1)C1CC1. The van der Waals surface area contributed by atoms with Gasteiger partial charge in [0.1, 0.15) is 0 Å². The van der Waals surface area contributed by atoms with Crippen molar-refractivity contribution in [2.24, 2.45) is 0 Å². The molecule has 2 aliphatic rings. The molecule has 0 atom stereocenters. The fourth-order valence-electron chi connectivity index (χ4n) is 2.03. The van der Waals surface area contributed by atoms with Crippen LogP contribution in [0.25, 0.3) is 0 Å². The quantitative estimate of drug-likeness (QED) is 0.630. The highest BCUT2D eigenvalue weighted by atomic mass is 127. The molecule has 0 aliphatic heterocycles. The summed E-state index contributed by atoms with van der Waals surface area (Å²) in [7, 11) is -2.24. The predicted molar refractivity (Wildman–Crippen MR) is 68.0 cm³/mol. The zero-order chi connectivity index (χ0) is 10.5. The van der Waals surface area contributed by atoms with E-state index in [0.29, 0.717) is 16.9 Å². The minimum Gasteiger partial charge on any atom is -0.315 e. The number of hydrogen-bond acceptors (Lipinski definition) is 3. The number of nitrogens with zero attached hydrogens (tertiary/aromatic N) is 2. The molecule has 1 heterocycles. The largest absolute Gasteiger partial charge is 0.315 e. The maximum absolute atomic E-state index is 12.9. The summed E-state index contributed by atoms with van der Waals surface area (Å²) in [6, 6.07) is 0. The van der Waals surface area contributed by atoms with Crippen molar-refractivity contribution in [1.29, 1.82) is 0 Å². The molecule has 2 saturated carbocycles.